The van der Waals surface area contributed by atoms with Crippen molar-refractivity contribution in [1.82, 2.24) is 0 Å². The van der Waals surface area contributed by atoms with Gasteiger partial charge in [-0.15, -0.1) is 6.58 Å². The van der Waals surface area contributed by atoms with Crippen molar-refractivity contribution in [2.24, 2.45) is 28.1 Å². The largest absolute Gasteiger partial charge is 0.519 e. The zero-order valence-corrected chi connectivity index (χ0v) is 18.8. The number of hydrogen-bond donors (Lipinski definition) is 0. The van der Waals surface area contributed by atoms with Crippen LogP contribution in [0.5, 0.6) is 0 Å². The Kier molecular flexibility index (Phi) is 4.87. The molecule has 26 heavy (non-hydrogen) atoms. The Morgan fingerprint density at radius 2 is 1.88 bits per heavy atom. The first-order valence-electron chi connectivity index (χ1n) is 10.5. The molecular weight excluding hydrogens is 336 g/mol. The van der Waals surface area contributed by atoms with Gasteiger partial charge in [-0.05, 0) is 82.3 Å². The third-order valence-corrected chi connectivity index (χ3v) is 8.56. The van der Waals surface area contributed by atoms with Crippen LogP contribution in [0.2, 0.25) is 19.6 Å². The summed E-state index contributed by atoms with van der Waals surface area (Å²) in [5.74, 6) is 1.17. The van der Waals surface area contributed by atoms with Crippen LogP contribution in [0.15, 0.2) is 24.3 Å². The maximum Gasteiger partial charge on any atom is 0.298 e. The molecule has 3 aliphatic carbocycles. The fourth-order valence-corrected chi connectivity index (χ4v) is 7.12. The molecule has 0 amide bonds. The number of allylic oxidation sites excluding steroid dienone is 3. The molecule has 2 nitrogen and oxygen atoms in total. The van der Waals surface area contributed by atoms with Gasteiger partial charge in [-0.1, -0.05) is 38.0 Å². The molecule has 146 valence electrons. The molecule has 5 unspecified atom stereocenters. The Balaban J connectivity index is 1.93. The van der Waals surface area contributed by atoms with Gasteiger partial charge in [0, 0.05) is 5.41 Å². The van der Waals surface area contributed by atoms with Gasteiger partial charge in [-0.2, -0.15) is 0 Å². The van der Waals surface area contributed by atoms with Crippen molar-refractivity contribution in [3.05, 3.63) is 24.3 Å². The van der Waals surface area contributed by atoms with Crippen LogP contribution in [0.1, 0.15) is 65.7 Å². The van der Waals surface area contributed by atoms with Crippen LogP contribution in [0.4, 0.5) is 0 Å². The topological polar surface area (TPSA) is 26.3 Å². The van der Waals surface area contributed by atoms with Crippen molar-refractivity contribution in [2.45, 2.75) is 85.4 Å². The minimum absolute atomic E-state index is 0.0896. The number of carbonyl (C=O) groups is 1. The second-order valence-electron chi connectivity index (χ2n) is 10.9. The van der Waals surface area contributed by atoms with Gasteiger partial charge in [0.1, 0.15) is 0 Å². The number of hydrogen-bond acceptors (Lipinski definition) is 2. The molecule has 2 fully saturated rings. The summed E-state index contributed by atoms with van der Waals surface area (Å²) in [6, 6.07) is 0. The van der Waals surface area contributed by atoms with Crippen molar-refractivity contribution >= 4 is 14.3 Å². The van der Waals surface area contributed by atoms with Crippen LogP contribution in [-0.2, 0) is 9.22 Å². The van der Waals surface area contributed by atoms with E-state index in [2.05, 4.69) is 59.1 Å². The van der Waals surface area contributed by atoms with E-state index < -0.39 is 8.32 Å². The van der Waals surface area contributed by atoms with Crippen LogP contribution in [0.3, 0.4) is 0 Å². The van der Waals surface area contributed by atoms with Gasteiger partial charge in [-0.3, -0.25) is 4.79 Å². The average molecular weight is 375 g/mol. The predicted molar refractivity (Wildman–Crippen MR) is 111 cm³/mol. The first-order valence-corrected chi connectivity index (χ1v) is 13.9. The van der Waals surface area contributed by atoms with Gasteiger partial charge >= 0.3 is 0 Å². The zero-order chi connectivity index (χ0) is 19.4. The van der Waals surface area contributed by atoms with Crippen LogP contribution in [0, 0.1) is 28.1 Å². The Morgan fingerprint density at radius 3 is 2.50 bits per heavy atom. The van der Waals surface area contributed by atoms with Crippen molar-refractivity contribution < 1.29 is 9.22 Å². The quantitative estimate of drug-likeness (QED) is 0.416. The molecule has 0 radical (unpaired) electrons. The van der Waals surface area contributed by atoms with Crippen LogP contribution in [0.25, 0.3) is 0 Å². The first kappa shape index (κ1) is 19.9. The standard InChI is InChI=1S/C23H38O2Si/c1-8-21(2)15-12-18-17(16-21)10-11-19-22(18,3)13-9-14-23(19,4)20(24)25-26(5,6)7/h8,16,18-19H,1,9-15H2,2-7H3. The van der Waals surface area contributed by atoms with Gasteiger partial charge in [0.15, 0.2) is 0 Å². The molecule has 3 aliphatic rings. The summed E-state index contributed by atoms with van der Waals surface area (Å²) in [7, 11) is -1.86. The van der Waals surface area contributed by atoms with Crippen LogP contribution >= 0.6 is 0 Å². The molecule has 2 saturated carbocycles. The van der Waals surface area contributed by atoms with Gasteiger partial charge in [0.25, 0.3) is 5.97 Å². The lowest BCUT2D eigenvalue weighted by atomic mass is 9.45. The molecule has 5 atom stereocenters. The summed E-state index contributed by atoms with van der Waals surface area (Å²) in [5, 5.41) is 0. The van der Waals surface area contributed by atoms with Crippen molar-refractivity contribution in [1.29, 1.82) is 0 Å². The second-order valence-corrected chi connectivity index (χ2v) is 15.3. The van der Waals surface area contributed by atoms with Crippen LogP contribution in [-0.4, -0.2) is 14.3 Å². The van der Waals surface area contributed by atoms with Crippen LogP contribution < -0.4 is 0 Å². The second kappa shape index (κ2) is 6.36. The number of rotatable bonds is 3. The van der Waals surface area contributed by atoms with E-state index in [9.17, 15) is 4.79 Å². The lowest BCUT2D eigenvalue weighted by molar-refractivity contribution is -0.162. The lowest BCUT2D eigenvalue weighted by Gasteiger charge is -2.59. The molecule has 3 rings (SSSR count). The summed E-state index contributed by atoms with van der Waals surface area (Å²) in [6.45, 7) is 17.4. The smallest absolute Gasteiger partial charge is 0.298 e. The SMILES string of the molecule is C=CC1(C)C=C2CCC3C(C)(C(=O)O[Si](C)(C)C)CCCC3(C)C2CC1. The van der Waals surface area contributed by atoms with Gasteiger partial charge in [0.2, 0.25) is 8.32 Å². The third kappa shape index (κ3) is 3.25. The molecule has 0 aromatic heterocycles. The molecule has 0 spiro atoms. The Hall–Kier alpha value is -0.833. The minimum atomic E-state index is -1.86. The van der Waals surface area contributed by atoms with E-state index in [1.807, 2.05) is 0 Å². The van der Waals surface area contributed by atoms with E-state index in [4.69, 9.17) is 4.43 Å². The molecule has 0 heterocycles. The highest BCUT2D eigenvalue weighted by molar-refractivity contribution is 6.71. The minimum Gasteiger partial charge on any atom is -0.519 e. The fraction of sp³-hybridized carbons (Fsp3) is 0.783. The Morgan fingerprint density at radius 1 is 1.19 bits per heavy atom. The summed E-state index contributed by atoms with van der Waals surface area (Å²) in [5.41, 5.74) is 1.72. The normalized spacial score (nSPS) is 42.9. The first-order chi connectivity index (χ1) is 11.9. The molecule has 0 N–H and O–H groups in total. The molecule has 0 aromatic carbocycles. The summed E-state index contributed by atoms with van der Waals surface area (Å²) < 4.78 is 6.03. The van der Waals surface area contributed by atoms with E-state index >= 15 is 0 Å². The predicted octanol–water partition coefficient (Wildman–Crippen LogP) is 6.50. The maximum absolute atomic E-state index is 13.2. The molecule has 0 aliphatic heterocycles. The maximum atomic E-state index is 13.2. The highest BCUT2D eigenvalue weighted by atomic mass is 28.4. The van der Waals surface area contributed by atoms with Gasteiger partial charge in [0.05, 0.1) is 5.41 Å². The van der Waals surface area contributed by atoms with Gasteiger partial charge < -0.3 is 4.43 Å². The van der Waals surface area contributed by atoms with Crippen molar-refractivity contribution in [3.63, 3.8) is 0 Å². The molecule has 3 heteroatoms. The zero-order valence-electron chi connectivity index (χ0n) is 17.8. The van der Waals surface area contributed by atoms with E-state index in [0.29, 0.717) is 11.8 Å². The van der Waals surface area contributed by atoms with E-state index in [-0.39, 0.29) is 22.2 Å². The van der Waals surface area contributed by atoms with Crippen molar-refractivity contribution in [2.75, 3.05) is 0 Å². The van der Waals surface area contributed by atoms with Gasteiger partial charge in [-0.25, -0.2) is 0 Å². The lowest BCUT2D eigenvalue weighted by Crippen LogP contribution is -2.55. The van der Waals surface area contributed by atoms with E-state index in [1.54, 1.807) is 5.57 Å². The average Bonchev–Trinajstić information content (AvgIpc) is 2.52. The molecule has 0 bridgehead atoms. The summed E-state index contributed by atoms with van der Waals surface area (Å²) in [6.07, 6.45) is 12.7. The van der Waals surface area contributed by atoms with E-state index in [0.717, 1.165) is 25.7 Å². The fourth-order valence-electron chi connectivity index (χ4n) is 6.33. The number of carbonyl (C=O) groups excluding carboxylic acids is 1. The third-order valence-electron chi connectivity index (χ3n) is 7.76. The van der Waals surface area contributed by atoms with E-state index in [1.165, 1.54) is 19.3 Å². The monoisotopic (exact) mass is 374 g/mol. The Labute approximate surface area is 161 Å². The van der Waals surface area contributed by atoms with Crippen molar-refractivity contribution in [3.8, 4) is 0 Å². The molecular formula is C23H38O2Si. The highest BCUT2D eigenvalue weighted by Gasteiger charge is 2.59. The summed E-state index contributed by atoms with van der Waals surface area (Å²) in [4.78, 5) is 13.2. The number of fused-ring (bicyclic) bond motifs is 3. The molecule has 0 aromatic rings. The Bertz CT molecular complexity index is 631. The molecule has 0 saturated heterocycles. The highest BCUT2D eigenvalue weighted by Crippen LogP contribution is 2.64. The summed E-state index contributed by atoms with van der Waals surface area (Å²) >= 11 is 0.